The van der Waals surface area contributed by atoms with Crippen LogP contribution in [0.2, 0.25) is 0 Å². The number of aromatic nitrogens is 3. The lowest BCUT2D eigenvalue weighted by atomic mass is 10.0. The van der Waals surface area contributed by atoms with Gasteiger partial charge in [-0.05, 0) is 79.7 Å². The van der Waals surface area contributed by atoms with E-state index >= 15 is 0 Å². The molecule has 7 nitrogen and oxygen atoms in total. The molecule has 8 heteroatoms. The van der Waals surface area contributed by atoms with E-state index in [2.05, 4.69) is 36.1 Å². The maximum atomic E-state index is 12.8. The van der Waals surface area contributed by atoms with Gasteiger partial charge in [0.05, 0.1) is 17.8 Å². The van der Waals surface area contributed by atoms with E-state index in [1.54, 1.807) is 6.20 Å². The van der Waals surface area contributed by atoms with Crippen molar-refractivity contribution in [2.75, 3.05) is 11.9 Å². The van der Waals surface area contributed by atoms with Gasteiger partial charge in [0, 0.05) is 42.9 Å². The van der Waals surface area contributed by atoms with Gasteiger partial charge in [0.15, 0.2) is 5.11 Å². The summed E-state index contributed by atoms with van der Waals surface area (Å²) in [5.74, 6) is 0.773. The number of amides is 1. The van der Waals surface area contributed by atoms with Crippen LogP contribution < -0.4 is 10.6 Å². The number of carbonyl (C=O) groups is 1. The SMILES string of the molecule is Cc1ccc(-n2cccc2[C@H]2[C@H](c3ccccn3)NC(=S)N2CCC(=O)Nc2cccc(C)c2)nc1. The molecular weight excluding hydrogens is 468 g/mol. The van der Waals surface area contributed by atoms with E-state index in [0.29, 0.717) is 18.1 Å². The number of pyridine rings is 2. The average Bonchev–Trinajstić information content (AvgIpc) is 3.48. The quantitative estimate of drug-likeness (QED) is 0.355. The third-order valence-corrected chi connectivity index (χ3v) is 6.66. The van der Waals surface area contributed by atoms with E-state index in [9.17, 15) is 4.79 Å². The number of nitrogens with zero attached hydrogens (tertiary/aromatic N) is 4. The number of hydrogen-bond donors (Lipinski definition) is 2. The summed E-state index contributed by atoms with van der Waals surface area (Å²) in [4.78, 5) is 24.2. The van der Waals surface area contributed by atoms with Crippen molar-refractivity contribution in [3.05, 3.63) is 108 Å². The lowest BCUT2D eigenvalue weighted by Gasteiger charge is -2.28. The van der Waals surface area contributed by atoms with E-state index < -0.39 is 0 Å². The summed E-state index contributed by atoms with van der Waals surface area (Å²) in [6, 6.07) is 21.5. The van der Waals surface area contributed by atoms with Crippen molar-refractivity contribution < 1.29 is 4.79 Å². The van der Waals surface area contributed by atoms with E-state index in [4.69, 9.17) is 12.2 Å². The molecule has 1 aliphatic heterocycles. The highest BCUT2D eigenvalue weighted by atomic mass is 32.1. The van der Waals surface area contributed by atoms with E-state index in [0.717, 1.165) is 34.0 Å². The Morgan fingerprint density at radius 2 is 1.92 bits per heavy atom. The number of aryl methyl sites for hydroxylation is 2. The maximum Gasteiger partial charge on any atom is 0.226 e. The largest absolute Gasteiger partial charge is 0.352 e. The van der Waals surface area contributed by atoms with Gasteiger partial charge < -0.3 is 20.1 Å². The summed E-state index contributed by atoms with van der Waals surface area (Å²) in [7, 11) is 0. The second-order valence-corrected chi connectivity index (χ2v) is 9.37. The Bertz CT molecular complexity index is 1370. The minimum atomic E-state index is -0.169. The molecule has 3 aromatic heterocycles. The molecule has 4 heterocycles. The van der Waals surface area contributed by atoms with Crippen LogP contribution in [0.3, 0.4) is 0 Å². The molecule has 0 aliphatic carbocycles. The van der Waals surface area contributed by atoms with E-state index in [1.165, 1.54) is 0 Å². The summed E-state index contributed by atoms with van der Waals surface area (Å²) >= 11 is 5.77. The van der Waals surface area contributed by atoms with Crippen LogP contribution in [0.4, 0.5) is 5.69 Å². The van der Waals surface area contributed by atoms with Crippen LogP contribution in [0.1, 0.15) is 41.0 Å². The third-order valence-electron chi connectivity index (χ3n) is 6.31. The molecule has 1 aromatic carbocycles. The Morgan fingerprint density at radius 3 is 2.67 bits per heavy atom. The van der Waals surface area contributed by atoms with Crippen molar-refractivity contribution in [1.29, 1.82) is 0 Å². The second-order valence-electron chi connectivity index (χ2n) is 8.98. The number of anilines is 1. The fourth-order valence-corrected chi connectivity index (χ4v) is 4.91. The van der Waals surface area contributed by atoms with Gasteiger partial charge in [-0.2, -0.15) is 0 Å². The van der Waals surface area contributed by atoms with Crippen molar-refractivity contribution >= 4 is 28.9 Å². The number of thiocarbonyl (C=S) groups is 1. The molecule has 36 heavy (non-hydrogen) atoms. The Labute approximate surface area is 216 Å². The number of nitrogens with one attached hydrogen (secondary N) is 2. The summed E-state index contributed by atoms with van der Waals surface area (Å²) in [5.41, 5.74) is 4.91. The van der Waals surface area contributed by atoms with E-state index in [1.807, 2.05) is 86.9 Å². The first-order valence-electron chi connectivity index (χ1n) is 11.9. The monoisotopic (exact) mass is 496 g/mol. The Balaban J connectivity index is 1.44. The maximum absolute atomic E-state index is 12.8. The zero-order valence-corrected chi connectivity index (χ0v) is 21.1. The Hall–Kier alpha value is -4.04. The Kier molecular flexibility index (Phi) is 6.77. The molecule has 0 bridgehead atoms. The molecule has 0 unspecified atom stereocenters. The molecule has 2 atom stereocenters. The second kappa shape index (κ2) is 10.3. The molecule has 1 amide bonds. The predicted molar refractivity (Wildman–Crippen MR) is 145 cm³/mol. The molecule has 182 valence electrons. The van der Waals surface area contributed by atoms with Gasteiger partial charge in [-0.1, -0.05) is 24.3 Å². The van der Waals surface area contributed by atoms with Crippen LogP contribution in [0.5, 0.6) is 0 Å². The van der Waals surface area contributed by atoms with Gasteiger partial charge in [0.25, 0.3) is 0 Å². The highest BCUT2D eigenvalue weighted by molar-refractivity contribution is 7.80. The summed E-state index contributed by atoms with van der Waals surface area (Å²) in [6.07, 6.45) is 5.95. The summed E-state index contributed by atoms with van der Waals surface area (Å²) < 4.78 is 2.08. The molecule has 1 saturated heterocycles. The van der Waals surface area contributed by atoms with Gasteiger partial charge in [0.1, 0.15) is 5.82 Å². The van der Waals surface area contributed by atoms with Crippen LogP contribution >= 0.6 is 12.2 Å². The molecule has 0 radical (unpaired) electrons. The standard InChI is InChI=1S/C28H28N6OS/c1-19-7-5-8-21(17-19)31-25(35)13-16-34-27(26(32-28(34)36)22-9-3-4-14-29-22)23-10-6-15-33(23)24-12-11-20(2)18-30-24/h3-12,14-15,17-18,26-27H,13,16H2,1-2H3,(H,31,35)(H,32,36)/t26-,27-/m0/s1. The van der Waals surface area contributed by atoms with Gasteiger partial charge in [-0.15, -0.1) is 0 Å². The number of carbonyl (C=O) groups excluding carboxylic acids is 1. The van der Waals surface area contributed by atoms with Crippen molar-refractivity contribution in [2.24, 2.45) is 0 Å². The molecule has 5 rings (SSSR count). The molecule has 1 fully saturated rings. The first-order valence-corrected chi connectivity index (χ1v) is 12.4. The molecule has 1 aliphatic rings. The van der Waals surface area contributed by atoms with Crippen LogP contribution in [0.15, 0.2) is 85.3 Å². The smallest absolute Gasteiger partial charge is 0.226 e. The topological polar surface area (TPSA) is 75.1 Å². The molecule has 2 N–H and O–H groups in total. The molecule has 0 spiro atoms. The van der Waals surface area contributed by atoms with Crippen molar-refractivity contribution in [3.63, 3.8) is 0 Å². The third kappa shape index (κ3) is 4.99. The van der Waals surface area contributed by atoms with Crippen LogP contribution in [0, 0.1) is 13.8 Å². The first-order chi connectivity index (χ1) is 17.5. The predicted octanol–water partition coefficient (Wildman–Crippen LogP) is 4.89. The lowest BCUT2D eigenvalue weighted by Crippen LogP contribution is -2.33. The molecular formula is C28H28N6OS. The summed E-state index contributed by atoms with van der Waals surface area (Å²) in [6.45, 7) is 4.49. The number of hydrogen-bond acceptors (Lipinski definition) is 4. The minimum Gasteiger partial charge on any atom is -0.352 e. The minimum absolute atomic E-state index is 0.0565. The van der Waals surface area contributed by atoms with Gasteiger partial charge in [-0.3, -0.25) is 9.78 Å². The van der Waals surface area contributed by atoms with Crippen molar-refractivity contribution in [1.82, 2.24) is 24.8 Å². The van der Waals surface area contributed by atoms with Crippen molar-refractivity contribution in [2.45, 2.75) is 32.4 Å². The fourth-order valence-electron chi connectivity index (χ4n) is 4.58. The Morgan fingerprint density at radius 1 is 1.03 bits per heavy atom. The van der Waals surface area contributed by atoms with E-state index in [-0.39, 0.29) is 18.0 Å². The lowest BCUT2D eigenvalue weighted by molar-refractivity contribution is -0.116. The van der Waals surface area contributed by atoms with Crippen LogP contribution in [-0.4, -0.2) is 37.0 Å². The zero-order valence-electron chi connectivity index (χ0n) is 20.3. The van der Waals surface area contributed by atoms with Gasteiger partial charge >= 0.3 is 0 Å². The first kappa shape index (κ1) is 23.7. The highest BCUT2D eigenvalue weighted by Gasteiger charge is 2.41. The highest BCUT2D eigenvalue weighted by Crippen LogP contribution is 2.39. The van der Waals surface area contributed by atoms with Crippen LogP contribution in [-0.2, 0) is 4.79 Å². The molecule has 0 saturated carbocycles. The van der Waals surface area contributed by atoms with Gasteiger partial charge in [-0.25, -0.2) is 4.98 Å². The number of rotatable bonds is 7. The average molecular weight is 497 g/mol. The number of benzene rings is 1. The normalized spacial score (nSPS) is 17.2. The summed E-state index contributed by atoms with van der Waals surface area (Å²) in [5, 5.41) is 7.06. The molecule has 4 aromatic rings. The zero-order chi connectivity index (χ0) is 25.1. The van der Waals surface area contributed by atoms with Crippen molar-refractivity contribution in [3.8, 4) is 5.82 Å². The van der Waals surface area contributed by atoms with Crippen LogP contribution in [0.25, 0.3) is 5.82 Å². The van der Waals surface area contributed by atoms with Gasteiger partial charge in [0.2, 0.25) is 5.91 Å². The fraction of sp³-hybridized carbons (Fsp3) is 0.214.